The van der Waals surface area contributed by atoms with Crippen molar-refractivity contribution < 1.29 is 9.47 Å². The van der Waals surface area contributed by atoms with Gasteiger partial charge in [0.25, 0.3) is 0 Å². The number of thiazole rings is 1. The minimum atomic E-state index is 0.419. The Kier molecular flexibility index (Phi) is 6.02. The lowest BCUT2D eigenvalue weighted by Crippen LogP contribution is -1.93. The number of ether oxygens (including phenoxy) is 2. The van der Waals surface area contributed by atoms with Gasteiger partial charge in [0.2, 0.25) is 0 Å². The topological polar surface area (TPSA) is 55.1 Å². The Morgan fingerprint density at radius 1 is 1.19 bits per heavy atom. The molecule has 0 unspecified atom stereocenters. The molecule has 0 fully saturated rings. The number of hydrogen-bond donors (Lipinski definition) is 0. The molecular weight excluding hydrogens is 403 g/mol. The van der Waals surface area contributed by atoms with Crippen LogP contribution in [0.5, 0.6) is 11.5 Å². The van der Waals surface area contributed by atoms with E-state index in [9.17, 15) is 5.26 Å². The maximum Gasteiger partial charge on any atom is 0.167 e. The van der Waals surface area contributed by atoms with Crippen LogP contribution in [0, 0.1) is 11.3 Å². The first kappa shape index (κ1) is 19.2. The zero-order valence-corrected chi connectivity index (χ0v) is 16.8. The van der Waals surface area contributed by atoms with Crippen molar-refractivity contribution in [3.8, 4) is 28.8 Å². The number of para-hydroxylation sites is 1. The van der Waals surface area contributed by atoms with E-state index < -0.39 is 0 Å². The highest BCUT2D eigenvalue weighted by Gasteiger charge is 2.14. The first-order valence-corrected chi connectivity index (χ1v) is 9.45. The SMILES string of the molecule is COc1cccc(C=C(C#N)c2nc(-c3ccc(Cl)cc3Cl)cs2)c1OC. The Morgan fingerprint density at radius 2 is 2.00 bits per heavy atom. The maximum atomic E-state index is 9.63. The zero-order chi connectivity index (χ0) is 19.4. The lowest BCUT2D eigenvalue weighted by Gasteiger charge is -2.10. The summed E-state index contributed by atoms with van der Waals surface area (Å²) in [5.41, 5.74) is 2.60. The largest absolute Gasteiger partial charge is 0.493 e. The fourth-order valence-electron chi connectivity index (χ4n) is 2.54. The van der Waals surface area contributed by atoms with Gasteiger partial charge in [0, 0.05) is 21.5 Å². The van der Waals surface area contributed by atoms with Crippen LogP contribution in [0.3, 0.4) is 0 Å². The van der Waals surface area contributed by atoms with Gasteiger partial charge in [-0.05, 0) is 30.3 Å². The minimum Gasteiger partial charge on any atom is -0.493 e. The van der Waals surface area contributed by atoms with Gasteiger partial charge < -0.3 is 9.47 Å². The van der Waals surface area contributed by atoms with Crippen LogP contribution in [-0.2, 0) is 0 Å². The van der Waals surface area contributed by atoms with Crippen molar-refractivity contribution in [2.24, 2.45) is 0 Å². The molecule has 0 amide bonds. The Bertz CT molecular complexity index is 1050. The number of benzene rings is 2. The van der Waals surface area contributed by atoms with Crippen molar-refractivity contribution in [3.05, 3.63) is 62.4 Å². The van der Waals surface area contributed by atoms with E-state index in [1.807, 2.05) is 23.6 Å². The number of nitriles is 1. The lowest BCUT2D eigenvalue weighted by atomic mass is 10.1. The summed E-state index contributed by atoms with van der Waals surface area (Å²) in [4.78, 5) is 4.56. The van der Waals surface area contributed by atoms with Gasteiger partial charge in [-0.25, -0.2) is 4.98 Å². The van der Waals surface area contributed by atoms with E-state index in [2.05, 4.69) is 11.1 Å². The molecule has 27 heavy (non-hydrogen) atoms. The van der Waals surface area contributed by atoms with E-state index in [1.54, 1.807) is 38.5 Å². The third-order valence-electron chi connectivity index (χ3n) is 3.80. The van der Waals surface area contributed by atoms with Gasteiger partial charge in [0.1, 0.15) is 11.1 Å². The number of rotatable bonds is 5. The van der Waals surface area contributed by atoms with Crippen molar-refractivity contribution in [2.45, 2.75) is 0 Å². The van der Waals surface area contributed by atoms with Gasteiger partial charge in [-0.2, -0.15) is 5.26 Å². The second-order valence-corrected chi connectivity index (χ2v) is 7.12. The maximum absolute atomic E-state index is 9.63. The van der Waals surface area contributed by atoms with Gasteiger partial charge in [0.05, 0.1) is 30.5 Å². The smallest absolute Gasteiger partial charge is 0.167 e. The standard InChI is InChI=1S/C20H14Cl2N2O2S/c1-25-18-5-3-4-12(19(18)26-2)8-13(10-23)20-24-17(11-27-20)15-7-6-14(21)9-16(15)22/h3-9,11H,1-2H3. The van der Waals surface area contributed by atoms with Gasteiger partial charge in [0.15, 0.2) is 11.5 Å². The number of halogens is 2. The Balaban J connectivity index is 2.02. The van der Waals surface area contributed by atoms with Crippen molar-refractivity contribution in [3.63, 3.8) is 0 Å². The van der Waals surface area contributed by atoms with Crippen LogP contribution in [0.4, 0.5) is 0 Å². The molecule has 0 N–H and O–H groups in total. The molecule has 2 aromatic carbocycles. The summed E-state index contributed by atoms with van der Waals surface area (Å²) in [5.74, 6) is 1.15. The highest BCUT2D eigenvalue weighted by atomic mass is 35.5. The number of aromatic nitrogens is 1. The van der Waals surface area contributed by atoms with Crippen LogP contribution >= 0.6 is 34.5 Å². The monoisotopic (exact) mass is 416 g/mol. The van der Waals surface area contributed by atoms with E-state index >= 15 is 0 Å². The van der Waals surface area contributed by atoms with E-state index in [4.69, 9.17) is 32.7 Å². The molecule has 3 aromatic rings. The average Bonchev–Trinajstić information content (AvgIpc) is 3.15. The van der Waals surface area contributed by atoms with Gasteiger partial charge in [-0.3, -0.25) is 0 Å². The summed E-state index contributed by atoms with van der Waals surface area (Å²) in [7, 11) is 3.13. The average molecular weight is 417 g/mol. The molecular formula is C20H14Cl2N2O2S. The molecule has 136 valence electrons. The third kappa shape index (κ3) is 4.09. The second kappa shape index (κ2) is 8.45. The second-order valence-electron chi connectivity index (χ2n) is 5.41. The molecule has 3 rings (SSSR count). The van der Waals surface area contributed by atoms with Crippen molar-refractivity contribution in [1.82, 2.24) is 4.98 Å². The number of nitrogens with zero attached hydrogens (tertiary/aromatic N) is 2. The molecule has 0 aliphatic carbocycles. The van der Waals surface area contributed by atoms with Gasteiger partial charge >= 0.3 is 0 Å². The summed E-state index contributed by atoms with van der Waals surface area (Å²) in [6, 6.07) is 12.9. The quantitative estimate of drug-likeness (QED) is 0.464. The van der Waals surface area contributed by atoms with E-state index in [0.29, 0.717) is 37.8 Å². The predicted molar refractivity (Wildman–Crippen MR) is 111 cm³/mol. The summed E-state index contributed by atoms with van der Waals surface area (Å²) >= 11 is 13.6. The molecule has 0 radical (unpaired) electrons. The minimum absolute atomic E-state index is 0.419. The van der Waals surface area contributed by atoms with Crippen molar-refractivity contribution >= 4 is 46.2 Å². The van der Waals surface area contributed by atoms with Crippen LogP contribution in [0.15, 0.2) is 41.8 Å². The predicted octanol–water partition coefficient (Wildman–Crippen LogP) is 6.20. The summed E-state index contributed by atoms with van der Waals surface area (Å²) in [6.45, 7) is 0. The van der Waals surface area contributed by atoms with E-state index in [1.165, 1.54) is 11.3 Å². The molecule has 0 saturated carbocycles. The fourth-order valence-corrected chi connectivity index (χ4v) is 3.83. The molecule has 0 aliphatic heterocycles. The molecule has 0 spiro atoms. The first-order chi connectivity index (χ1) is 13.1. The molecule has 1 aromatic heterocycles. The Morgan fingerprint density at radius 3 is 2.67 bits per heavy atom. The third-order valence-corrected chi connectivity index (χ3v) is 5.22. The number of allylic oxidation sites excluding steroid dienone is 1. The molecule has 0 atom stereocenters. The molecule has 0 aliphatic rings. The fraction of sp³-hybridized carbons (Fsp3) is 0.100. The Labute approximate surface area is 171 Å². The summed E-state index contributed by atoms with van der Waals surface area (Å²) < 4.78 is 10.7. The number of methoxy groups -OCH3 is 2. The highest BCUT2D eigenvalue weighted by molar-refractivity contribution is 7.11. The van der Waals surface area contributed by atoms with E-state index in [0.717, 1.165) is 11.1 Å². The van der Waals surface area contributed by atoms with Crippen molar-refractivity contribution in [1.29, 1.82) is 5.26 Å². The van der Waals surface area contributed by atoms with Gasteiger partial charge in [-0.15, -0.1) is 11.3 Å². The van der Waals surface area contributed by atoms with Gasteiger partial charge in [-0.1, -0.05) is 35.3 Å². The molecule has 0 bridgehead atoms. The molecule has 7 heteroatoms. The first-order valence-electron chi connectivity index (χ1n) is 7.81. The lowest BCUT2D eigenvalue weighted by molar-refractivity contribution is 0.354. The highest BCUT2D eigenvalue weighted by Crippen LogP contribution is 2.35. The summed E-state index contributed by atoms with van der Waals surface area (Å²) in [6.07, 6.45) is 1.73. The zero-order valence-electron chi connectivity index (χ0n) is 14.5. The van der Waals surface area contributed by atoms with Crippen LogP contribution in [-0.4, -0.2) is 19.2 Å². The van der Waals surface area contributed by atoms with E-state index in [-0.39, 0.29) is 0 Å². The van der Waals surface area contributed by atoms with Crippen LogP contribution in [0.2, 0.25) is 10.0 Å². The van der Waals surface area contributed by atoms with Crippen LogP contribution < -0.4 is 9.47 Å². The Hall–Kier alpha value is -2.52. The molecule has 0 saturated heterocycles. The van der Waals surface area contributed by atoms with Crippen LogP contribution in [0.25, 0.3) is 22.9 Å². The normalized spacial score (nSPS) is 11.1. The van der Waals surface area contributed by atoms with Crippen LogP contribution in [0.1, 0.15) is 10.6 Å². The number of hydrogen-bond acceptors (Lipinski definition) is 5. The molecule has 4 nitrogen and oxygen atoms in total. The summed E-state index contributed by atoms with van der Waals surface area (Å²) in [5, 5.41) is 13.1. The van der Waals surface area contributed by atoms with Crippen molar-refractivity contribution in [2.75, 3.05) is 14.2 Å². The molecule has 1 heterocycles.